The Morgan fingerprint density at radius 3 is 1.97 bits per heavy atom. The van der Waals surface area contributed by atoms with E-state index in [9.17, 15) is 20.0 Å². The van der Waals surface area contributed by atoms with Crippen molar-refractivity contribution in [3.05, 3.63) is 39.9 Å². The highest BCUT2D eigenvalue weighted by atomic mass is 28.4. The van der Waals surface area contributed by atoms with Gasteiger partial charge in [0.15, 0.2) is 16.6 Å². The highest BCUT2D eigenvalue weighted by molar-refractivity contribution is 6.74. The second kappa shape index (κ2) is 12.1. The molecule has 35 heavy (non-hydrogen) atoms. The van der Waals surface area contributed by atoms with E-state index in [1.54, 1.807) is 12.1 Å². The van der Waals surface area contributed by atoms with E-state index in [1.807, 2.05) is 0 Å². The van der Waals surface area contributed by atoms with Crippen molar-refractivity contribution < 1.29 is 23.7 Å². The highest BCUT2D eigenvalue weighted by Gasteiger charge is 2.43. The van der Waals surface area contributed by atoms with Gasteiger partial charge in [-0.25, -0.2) is 0 Å². The van der Waals surface area contributed by atoms with Crippen LogP contribution in [0.4, 0.5) is 5.69 Å². The second-order valence-electron chi connectivity index (χ2n) is 12.2. The minimum atomic E-state index is -2.31. The first-order chi connectivity index (χ1) is 15.8. The summed E-state index contributed by atoms with van der Waals surface area (Å²) >= 11 is 0. The molecule has 0 aromatic heterocycles. The number of amides is 1. The predicted octanol–water partition coefficient (Wildman–Crippen LogP) is 5.94. The van der Waals surface area contributed by atoms with Crippen LogP contribution in [0.25, 0.3) is 0 Å². The van der Waals surface area contributed by atoms with Crippen LogP contribution in [0.1, 0.15) is 66.1 Å². The Labute approximate surface area is 213 Å². The molecule has 0 spiro atoms. The van der Waals surface area contributed by atoms with Gasteiger partial charge in [0, 0.05) is 25.2 Å². The number of hydrogen-bond acceptors (Lipinski definition) is 6. The molecule has 0 aliphatic carbocycles. The first-order valence-corrected chi connectivity index (χ1v) is 18.1. The Bertz CT molecular complexity index is 845. The third-order valence-corrected chi connectivity index (χ3v) is 16.3. The van der Waals surface area contributed by atoms with E-state index in [0.29, 0.717) is 6.42 Å². The van der Waals surface area contributed by atoms with E-state index >= 15 is 0 Å². The number of rotatable bonds is 12. The van der Waals surface area contributed by atoms with Crippen molar-refractivity contribution in [3.63, 3.8) is 0 Å². The Morgan fingerprint density at radius 1 is 1.03 bits per heavy atom. The molecule has 8 nitrogen and oxygen atoms in total. The van der Waals surface area contributed by atoms with Crippen LogP contribution in [0.2, 0.25) is 36.3 Å². The monoisotopic (exact) mass is 526 g/mol. The van der Waals surface area contributed by atoms with Crippen LogP contribution in [-0.2, 0) is 13.6 Å². The minimum absolute atomic E-state index is 0.000816. The molecule has 0 heterocycles. The van der Waals surface area contributed by atoms with Gasteiger partial charge in [0.05, 0.1) is 23.7 Å². The summed E-state index contributed by atoms with van der Waals surface area (Å²) in [6.45, 7) is 21.7. The number of non-ortho nitro benzene ring substituents is 1. The smallest absolute Gasteiger partial charge is 0.269 e. The van der Waals surface area contributed by atoms with E-state index in [2.05, 4.69) is 73.0 Å². The molecule has 1 aromatic carbocycles. The normalized spacial score (nSPS) is 14.9. The van der Waals surface area contributed by atoms with Crippen LogP contribution >= 0.6 is 0 Å². The van der Waals surface area contributed by atoms with Crippen LogP contribution in [-0.4, -0.2) is 51.8 Å². The molecular weight excluding hydrogens is 480 g/mol. The number of carbonyl (C=O) groups is 1. The molecule has 0 radical (unpaired) electrons. The maximum atomic E-state index is 12.8. The maximum absolute atomic E-state index is 12.8. The van der Waals surface area contributed by atoms with Gasteiger partial charge in [-0.3, -0.25) is 14.9 Å². The number of nitro benzene ring substituents is 1. The summed E-state index contributed by atoms with van der Waals surface area (Å²) in [5.41, 5.74) is 0.757. The number of nitrogens with one attached hydrogen (secondary N) is 1. The van der Waals surface area contributed by atoms with Gasteiger partial charge in [0.2, 0.25) is 5.91 Å². The van der Waals surface area contributed by atoms with Gasteiger partial charge in [0.25, 0.3) is 5.69 Å². The van der Waals surface area contributed by atoms with E-state index in [1.165, 1.54) is 12.1 Å². The molecule has 0 fully saturated rings. The van der Waals surface area contributed by atoms with Crippen LogP contribution < -0.4 is 5.32 Å². The summed E-state index contributed by atoms with van der Waals surface area (Å²) in [5, 5.41) is 23.4. The van der Waals surface area contributed by atoms with Gasteiger partial charge in [-0.15, -0.1) is 0 Å². The first kappa shape index (κ1) is 31.4. The molecule has 10 heteroatoms. The largest absolute Gasteiger partial charge is 0.415 e. The quantitative estimate of drug-likeness (QED) is 0.198. The molecule has 0 saturated carbocycles. The first-order valence-electron chi connectivity index (χ1n) is 12.3. The average Bonchev–Trinajstić information content (AvgIpc) is 2.72. The molecule has 0 unspecified atom stereocenters. The number of nitro groups is 1. The van der Waals surface area contributed by atoms with Gasteiger partial charge in [-0.05, 0) is 60.4 Å². The molecular formula is C25H46N2O6Si2. The zero-order valence-electron chi connectivity index (χ0n) is 23.2. The van der Waals surface area contributed by atoms with E-state index in [0.717, 1.165) is 5.56 Å². The van der Waals surface area contributed by atoms with Crippen molar-refractivity contribution in [2.75, 3.05) is 13.2 Å². The Kier molecular flexibility index (Phi) is 10.9. The fourth-order valence-electron chi connectivity index (χ4n) is 2.90. The van der Waals surface area contributed by atoms with Crippen molar-refractivity contribution in [2.24, 2.45) is 0 Å². The van der Waals surface area contributed by atoms with Crippen molar-refractivity contribution in [3.8, 4) is 0 Å². The van der Waals surface area contributed by atoms with Crippen molar-refractivity contribution >= 4 is 28.2 Å². The zero-order chi connectivity index (χ0) is 27.2. The summed E-state index contributed by atoms with van der Waals surface area (Å²) in [7, 11) is -4.44. The number of aliphatic hydroxyl groups is 1. The Hall–Kier alpha value is -1.60. The van der Waals surface area contributed by atoms with Crippen LogP contribution in [0.3, 0.4) is 0 Å². The lowest BCUT2D eigenvalue weighted by atomic mass is 10.0. The number of carbonyl (C=O) groups excluding carboxylic acids is 1. The van der Waals surface area contributed by atoms with Crippen molar-refractivity contribution in [2.45, 2.75) is 103 Å². The fourth-order valence-corrected chi connectivity index (χ4v) is 5.22. The summed E-state index contributed by atoms with van der Waals surface area (Å²) in [6.07, 6.45) is 0.0205. The summed E-state index contributed by atoms with van der Waals surface area (Å²) in [5.74, 6) is -0.186. The second-order valence-corrected chi connectivity index (χ2v) is 21.8. The number of benzene rings is 1. The third-order valence-electron chi connectivity index (χ3n) is 7.36. The SMILES string of the molecule is CC(C)(C)[Si](C)(C)OC[C@H](NC(=O)CCCO)[C@@H](O[Si](C)(C)C(C)(C)C)c1ccc([N+](=O)[O-])cc1. The molecule has 1 amide bonds. The molecule has 0 bridgehead atoms. The molecule has 2 atom stereocenters. The fraction of sp³-hybridized carbons (Fsp3) is 0.720. The molecule has 0 aliphatic rings. The predicted molar refractivity (Wildman–Crippen MR) is 146 cm³/mol. The number of hydrogen-bond donors (Lipinski definition) is 2. The number of aliphatic hydroxyl groups excluding tert-OH is 1. The lowest BCUT2D eigenvalue weighted by Crippen LogP contribution is -2.52. The van der Waals surface area contributed by atoms with Gasteiger partial charge in [0.1, 0.15) is 0 Å². The van der Waals surface area contributed by atoms with E-state index < -0.39 is 33.7 Å². The summed E-state index contributed by atoms with van der Waals surface area (Å²) in [4.78, 5) is 23.6. The molecule has 200 valence electrons. The Morgan fingerprint density at radius 2 is 1.54 bits per heavy atom. The molecule has 0 saturated heterocycles. The van der Waals surface area contributed by atoms with Crippen molar-refractivity contribution in [1.82, 2.24) is 5.32 Å². The molecule has 1 aromatic rings. The van der Waals surface area contributed by atoms with Crippen LogP contribution in [0, 0.1) is 10.1 Å². The van der Waals surface area contributed by atoms with E-state index in [4.69, 9.17) is 8.85 Å². The van der Waals surface area contributed by atoms with Gasteiger partial charge >= 0.3 is 0 Å². The van der Waals surface area contributed by atoms with Gasteiger partial charge in [-0.1, -0.05) is 41.5 Å². The van der Waals surface area contributed by atoms with Gasteiger partial charge in [-0.2, -0.15) is 0 Å². The third kappa shape index (κ3) is 9.09. The topological polar surface area (TPSA) is 111 Å². The highest BCUT2D eigenvalue weighted by Crippen LogP contribution is 2.42. The summed E-state index contributed by atoms with van der Waals surface area (Å²) < 4.78 is 13.4. The standard InChI is InChI=1S/C25H46N2O6Si2/c1-24(2,3)34(7,8)32-18-21(26-22(29)12-11-17-28)23(33-35(9,10)25(4,5)6)19-13-15-20(16-14-19)27(30)31/h13-16,21,23,28H,11-12,17-18H2,1-10H3,(H,26,29)/t21-,23-/m0/s1. The minimum Gasteiger partial charge on any atom is -0.415 e. The van der Waals surface area contributed by atoms with Gasteiger partial charge < -0.3 is 19.3 Å². The number of nitrogens with zero attached hydrogens (tertiary/aromatic N) is 1. The van der Waals surface area contributed by atoms with E-state index in [-0.39, 0.29) is 41.3 Å². The lowest BCUT2D eigenvalue weighted by Gasteiger charge is -2.43. The molecule has 1 rings (SSSR count). The molecule has 2 N–H and O–H groups in total. The molecule has 0 aliphatic heterocycles. The van der Waals surface area contributed by atoms with Crippen LogP contribution in [0.5, 0.6) is 0 Å². The average molecular weight is 527 g/mol. The summed E-state index contributed by atoms with van der Waals surface area (Å²) in [6, 6.07) is 5.85. The van der Waals surface area contributed by atoms with Crippen LogP contribution in [0.15, 0.2) is 24.3 Å². The lowest BCUT2D eigenvalue weighted by molar-refractivity contribution is -0.384. The zero-order valence-corrected chi connectivity index (χ0v) is 25.2. The Balaban J connectivity index is 3.48. The van der Waals surface area contributed by atoms with Crippen molar-refractivity contribution in [1.29, 1.82) is 0 Å². The maximum Gasteiger partial charge on any atom is 0.269 e.